The Hall–Kier alpha value is -2.57. The summed E-state index contributed by atoms with van der Waals surface area (Å²) in [5, 5.41) is 6.91. The fourth-order valence-corrected chi connectivity index (χ4v) is 1.98. The molecule has 2 N–H and O–H groups in total. The number of methoxy groups -OCH3 is 1. The van der Waals surface area contributed by atoms with Crippen molar-refractivity contribution in [3.63, 3.8) is 0 Å². The van der Waals surface area contributed by atoms with Gasteiger partial charge >= 0.3 is 11.8 Å². The van der Waals surface area contributed by atoms with Gasteiger partial charge in [0.15, 0.2) is 0 Å². The van der Waals surface area contributed by atoms with Crippen molar-refractivity contribution in [3.8, 4) is 5.75 Å². The number of nitrogens with zero attached hydrogens (tertiary/aromatic N) is 1. The molecule has 124 valence electrons. The Balaban J connectivity index is 1.89. The van der Waals surface area contributed by atoms with Crippen LogP contribution in [0.4, 0.5) is 5.69 Å². The van der Waals surface area contributed by atoms with Gasteiger partial charge in [-0.05, 0) is 42.0 Å². The van der Waals surface area contributed by atoms with E-state index in [2.05, 4.69) is 15.8 Å². The van der Waals surface area contributed by atoms with Crippen LogP contribution in [0.25, 0.3) is 0 Å². The summed E-state index contributed by atoms with van der Waals surface area (Å²) in [5.41, 5.74) is 3.21. The molecule has 2 aromatic rings. The van der Waals surface area contributed by atoms with E-state index in [4.69, 9.17) is 27.9 Å². The monoisotopic (exact) mass is 365 g/mol. The minimum Gasteiger partial charge on any atom is -0.497 e. The van der Waals surface area contributed by atoms with Crippen molar-refractivity contribution >= 4 is 46.9 Å². The highest BCUT2D eigenvalue weighted by molar-refractivity contribution is 6.42. The molecule has 0 spiro atoms. The molecule has 0 aromatic heterocycles. The fraction of sp³-hybridized carbons (Fsp3) is 0.0625. The molecular formula is C16H13Cl2N3O3. The molecule has 0 heterocycles. The van der Waals surface area contributed by atoms with Gasteiger partial charge in [-0.1, -0.05) is 29.3 Å². The van der Waals surface area contributed by atoms with Crippen molar-refractivity contribution in [1.82, 2.24) is 5.43 Å². The average Bonchev–Trinajstić information content (AvgIpc) is 2.58. The van der Waals surface area contributed by atoms with E-state index in [-0.39, 0.29) is 0 Å². The Labute approximate surface area is 148 Å². The largest absolute Gasteiger partial charge is 0.497 e. The number of hydrazone groups is 1. The molecule has 0 fully saturated rings. The summed E-state index contributed by atoms with van der Waals surface area (Å²) in [4.78, 5) is 23.4. The molecule has 2 aromatic carbocycles. The zero-order chi connectivity index (χ0) is 17.5. The third-order valence-corrected chi connectivity index (χ3v) is 3.62. The van der Waals surface area contributed by atoms with Crippen LogP contribution in [-0.4, -0.2) is 25.1 Å². The van der Waals surface area contributed by atoms with Gasteiger partial charge in [0.1, 0.15) is 5.75 Å². The molecule has 2 rings (SSSR count). The SMILES string of the molecule is COc1ccc(NC(=O)C(=O)N/N=C\c2ccc(Cl)c(Cl)c2)cc1. The quantitative estimate of drug-likeness (QED) is 0.496. The van der Waals surface area contributed by atoms with E-state index in [9.17, 15) is 9.59 Å². The van der Waals surface area contributed by atoms with Crippen molar-refractivity contribution in [2.24, 2.45) is 5.10 Å². The van der Waals surface area contributed by atoms with E-state index in [0.29, 0.717) is 27.0 Å². The van der Waals surface area contributed by atoms with E-state index in [0.717, 1.165) is 0 Å². The summed E-state index contributed by atoms with van der Waals surface area (Å²) in [5.74, 6) is -1.10. The van der Waals surface area contributed by atoms with E-state index >= 15 is 0 Å². The number of rotatable bonds is 4. The maximum absolute atomic E-state index is 11.7. The molecule has 0 saturated heterocycles. The Morgan fingerprint density at radius 1 is 1.04 bits per heavy atom. The van der Waals surface area contributed by atoms with Crippen LogP contribution in [0.5, 0.6) is 5.75 Å². The van der Waals surface area contributed by atoms with Crippen molar-refractivity contribution < 1.29 is 14.3 Å². The number of halogens is 2. The van der Waals surface area contributed by atoms with Gasteiger partial charge in [-0.2, -0.15) is 5.10 Å². The molecular weight excluding hydrogens is 353 g/mol. The highest BCUT2D eigenvalue weighted by Gasteiger charge is 2.12. The molecule has 0 saturated carbocycles. The second kappa shape index (κ2) is 8.33. The van der Waals surface area contributed by atoms with Gasteiger partial charge < -0.3 is 10.1 Å². The number of anilines is 1. The van der Waals surface area contributed by atoms with Crippen LogP contribution < -0.4 is 15.5 Å². The molecule has 0 aliphatic carbocycles. The molecule has 0 aliphatic heterocycles. The first-order valence-electron chi connectivity index (χ1n) is 6.73. The number of ether oxygens (including phenoxy) is 1. The molecule has 0 aliphatic rings. The molecule has 0 unspecified atom stereocenters. The topological polar surface area (TPSA) is 79.8 Å². The van der Waals surface area contributed by atoms with Crippen LogP contribution in [0.1, 0.15) is 5.56 Å². The Morgan fingerprint density at radius 3 is 2.38 bits per heavy atom. The van der Waals surface area contributed by atoms with Crippen molar-refractivity contribution in [3.05, 3.63) is 58.1 Å². The van der Waals surface area contributed by atoms with E-state index in [1.54, 1.807) is 42.5 Å². The number of amides is 2. The molecule has 6 nitrogen and oxygen atoms in total. The lowest BCUT2D eigenvalue weighted by Crippen LogP contribution is -2.32. The van der Waals surface area contributed by atoms with Gasteiger partial charge in [0, 0.05) is 5.69 Å². The predicted molar refractivity (Wildman–Crippen MR) is 93.8 cm³/mol. The van der Waals surface area contributed by atoms with Crippen LogP contribution in [-0.2, 0) is 9.59 Å². The number of hydrogen-bond acceptors (Lipinski definition) is 4. The minimum atomic E-state index is -0.901. The molecule has 0 bridgehead atoms. The summed E-state index contributed by atoms with van der Waals surface area (Å²) in [6.45, 7) is 0. The molecule has 24 heavy (non-hydrogen) atoms. The standard InChI is InChI=1S/C16H13Cl2N3O3/c1-24-12-5-3-11(4-6-12)20-15(22)16(23)21-19-9-10-2-7-13(17)14(18)8-10/h2-9H,1H3,(H,20,22)(H,21,23)/b19-9-. The van der Waals surface area contributed by atoms with Crippen molar-refractivity contribution in [1.29, 1.82) is 0 Å². The lowest BCUT2D eigenvalue weighted by atomic mass is 10.2. The second-order valence-corrected chi connectivity index (χ2v) is 5.37. The highest BCUT2D eigenvalue weighted by Crippen LogP contribution is 2.21. The third-order valence-electron chi connectivity index (χ3n) is 2.88. The molecule has 8 heteroatoms. The predicted octanol–water partition coefficient (Wildman–Crippen LogP) is 3.09. The van der Waals surface area contributed by atoms with Gasteiger partial charge in [0.05, 0.1) is 23.4 Å². The first kappa shape index (κ1) is 17.8. The van der Waals surface area contributed by atoms with Gasteiger partial charge in [-0.3, -0.25) is 9.59 Å². The van der Waals surface area contributed by atoms with Gasteiger partial charge in [0.2, 0.25) is 0 Å². The second-order valence-electron chi connectivity index (χ2n) is 4.56. The highest BCUT2D eigenvalue weighted by atomic mass is 35.5. The van der Waals surface area contributed by atoms with Crippen LogP contribution in [0.2, 0.25) is 10.0 Å². The summed E-state index contributed by atoms with van der Waals surface area (Å²) in [6.07, 6.45) is 1.35. The number of nitrogens with one attached hydrogen (secondary N) is 2. The molecule has 0 atom stereocenters. The van der Waals surface area contributed by atoms with E-state index in [1.165, 1.54) is 13.3 Å². The van der Waals surface area contributed by atoms with Crippen LogP contribution >= 0.6 is 23.2 Å². The normalized spacial score (nSPS) is 10.5. The van der Waals surface area contributed by atoms with Crippen molar-refractivity contribution in [2.45, 2.75) is 0 Å². The maximum atomic E-state index is 11.7. The summed E-state index contributed by atoms with van der Waals surface area (Å²) in [7, 11) is 1.53. The van der Waals surface area contributed by atoms with E-state index in [1.807, 2.05) is 0 Å². The Bertz CT molecular complexity index is 777. The van der Waals surface area contributed by atoms with E-state index < -0.39 is 11.8 Å². The number of carbonyl (C=O) groups is 2. The summed E-state index contributed by atoms with van der Waals surface area (Å²) >= 11 is 11.7. The van der Waals surface area contributed by atoms with Crippen LogP contribution in [0, 0.1) is 0 Å². The lowest BCUT2D eigenvalue weighted by molar-refractivity contribution is -0.136. The van der Waals surface area contributed by atoms with Gasteiger partial charge in [0.25, 0.3) is 0 Å². The smallest absolute Gasteiger partial charge is 0.329 e. The van der Waals surface area contributed by atoms with Crippen LogP contribution in [0.15, 0.2) is 47.6 Å². The zero-order valence-corrected chi connectivity index (χ0v) is 14.1. The summed E-state index contributed by atoms with van der Waals surface area (Å²) in [6, 6.07) is 11.4. The average molecular weight is 366 g/mol. The Morgan fingerprint density at radius 2 is 1.75 bits per heavy atom. The first-order chi connectivity index (χ1) is 11.5. The third kappa shape index (κ3) is 4.97. The Kier molecular flexibility index (Phi) is 6.17. The molecule has 2 amide bonds. The minimum absolute atomic E-state index is 0.365. The molecule has 0 radical (unpaired) electrons. The number of carbonyl (C=O) groups excluding carboxylic acids is 2. The van der Waals surface area contributed by atoms with Gasteiger partial charge in [-0.25, -0.2) is 5.43 Å². The number of hydrogen-bond donors (Lipinski definition) is 2. The lowest BCUT2D eigenvalue weighted by Gasteiger charge is -2.05. The first-order valence-corrected chi connectivity index (χ1v) is 7.48. The van der Waals surface area contributed by atoms with Crippen molar-refractivity contribution in [2.75, 3.05) is 12.4 Å². The summed E-state index contributed by atoms with van der Waals surface area (Å²) < 4.78 is 5.00. The number of benzene rings is 2. The fourth-order valence-electron chi connectivity index (χ4n) is 1.67. The van der Waals surface area contributed by atoms with Gasteiger partial charge in [-0.15, -0.1) is 0 Å². The van der Waals surface area contributed by atoms with Crippen LogP contribution in [0.3, 0.4) is 0 Å². The zero-order valence-electron chi connectivity index (χ0n) is 12.5. The maximum Gasteiger partial charge on any atom is 0.329 e.